The topological polar surface area (TPSA) is 21.3 Å². The average Bonchev–Trinajstić information content (AvgIpc) is 2.43. The molecular weight excluding hydrogens is 380 g/mol. The quantitative estimate of drug-likeness (QED) is 0.637. The SMILES string of the molecule is COc1ccc(NC(C)c2cc(F)c(Cl)cc2Cl)cc1Br. The van der Waals surface area contributed by atoms with Crippen LogP contribution in [0.4, 0.5) is 10.1 Å². The van der Waals surface area contributed by atoms with Crippen molar-refractivity contribution in [3.05, 3.63) is 56.2 Å². The summed E-state index contributed by atoms with van der Waals surface area (Å²) in [5.41, 5.74) is 1.51. The van der Waals surface area contributed by atoms with E-state index in [1.807, 2.05) is 25.1 Å². The summed E-state index contributed by atoms with van der Waals surface area (Å²) >= 11 is 15.2. The lowest BCUT2D eigenvalue weighted by atomic mass is 10.1. The Hall–Kier alpha value is -0.970. The minimum Gasteiger partial charge on any atom is -0.496 e. The molecule has 0 saturated heterocycles. The van der Waals surface area contributed by atoms with Crippen molar-refractivity contribution in [2.75, 3.05) is 12.4 Å². The van der Waals surface area contributed by atoms with Gasteiger partial charge in [-0.25, -0.2) is 4.39 Å². The fourth-order valence-electron chi connectivity index (χ4n) is 1.95. The molecule has 2 nitrogen and oxygen atoms in total. The number of nitrogens with one attached hydrogen (secondary N) is 1. The lowest BCUT2D eigenvalue weighted by Crippen LogP contribution is -2.08. The van der Waals surface area contributed by atoms with E-state index in [0.717, 1.165) is 15.9 Å². The van der Waals surface area contributed by atoms with Crippen LogP contribution in [0.3, 0.4) is 0 Å². The zero-order valence-corrected chi connectivity index (χ0v) is 14.5. The molecule has 21 heavy (non-hydrogen) atoms. The summed E-state index contributed by atoms with van der Waals surface area (Å²) in [7, 11) is 1.60. The van der Waals surface area contributed by atoms with Crippen LogP contribution >= 0.6 is 39.1 Å². The molecule has 112 valence electrons. The molecule has 0 radical (unpaired) electrons. The molecule has 0 aromatic heterocycles. The highest BCUT2D eigenvalue weighted by Crippen LogP contribution is 2.32. The van der Waals surface area contributed by atoms with Gasteiger partial charge in [-0.3, -0.25) is 0 Å². The summed E-state index contributed by atoms with van der Waals surface area (Å²) in [4.78, 5) is 0. The van der Waals surface area contributed by atoms with Gasteiger partial charge in [0.25, 0.3) is 0 Å². The molecule has 0 aliphatic rings. The first kappa shape index (κ1) is 16.4. The summed E-state index contributed by atoms with van der Waals surface area (Å²) < 4.78 is 19.6. The summed E-state index contributed by atoms with van der Waals surface area (Å²) in [6.45, 7) is 1.90. The Bertz CT molecular complexity index is 666. The van der Waals surface area contributed by atoms with Crippen molar-refractivity contribution in [2.45, 2.75) is 13.0 Å². The van der Waals surface area contributed by atoms with E-state index in [1.165, 1.54) is 12.1 Å². The van der Waals surface area contributed by atoms with E-state index in [1.54, 1.807) is 7.11 Å². The molecule has 2 aromatic carbocycles. The third-order valence-corrected chi connectivity index (χ3v) is 4.28. The molecule has 0 spiro atoms. The lowest BCUT2D eigenvalue weighted by molar-refractivity contribution is 0.412. The number of hydrogen-bond donors (Lipinski definition) is 1. The predicted octanol–water partition coefficient (Wildman–Crippen LogP) is 6.08. The second-order valence-corrected chi connectivity index (χ2v) is 6.17. The number of ether oxygens (including phenoxy) is 1. The number of rotatable bonds is 4. The molecule has 2 rings (SSSR count). The first-order valence-corrected chi connectivity index (χ1v) is 7.71. The first-order valence-electron chi connectivity index (χ1n) is 6.17. The van der Waals surface area contributed by atoms with Crippen molar-refractivity contribution in [3.8, 4) is 5.75 Å². The number of halogens is 4. The maximum Gasteiger partial charge on any atom is 0.142 e. The Balaban J connectivity index is 2.23. The first-order chi connectivity index (χ1) is 9.92. The van der Waals surface area contributed by atoms with Crippen LogP contribution in [0.15, 0.2) is 34.8 Å². The van der Waals surface area contributed by atoms with Gasteiger partial charge in [-0.2, -0.15) is 0 Å². The van der Waals surface area contributed by atoms with Crippen LogP contribution in [-0.4, -0.2) is 7.11 Å². The van der Waals surface area contributed by atoms with Crippen LogP contribution in [0.1, 0.15) is 18.5 Å². The number of benzene rings is 2. The summed E-state index contributed by atoms with van der Waals surface area (Å²) in [5.74, 6) is 0.254. The highest BCUT2D eigenvalue weighted by Gasteiger charge is 2.14. The molecule has 0 saturated carbocycles. The summed E-state index contributed by atoms with van der Waals surface area (Å²) in [6.07, 6.45) is 0. The predicted molar refractivity (Wildman–Crippen MR) is 89.2 cm³/mol. The molecule has 6 heteroatoms. The zero-order chi connectivity index (χ0) is 15.6. The van der Waals surface area contributed by atoms with Gasteiger partial charge < -0.3 is 10.1 Å². The Morgan fingerprint density at radius 2 is 1.90 bits per heavy atom. The molecule has 0 aliphatic heterocycles. The highest BCUT2D eigenvalue weighted by molar-refractivity contribution is 9.10. The number of anilines is 1. The lowest BCUT2D eigenvalue weighted by Gasteiger charge is -2.18. The zero-order valence-electron chi connectivity index (χ0n) is 11.4. The van der Waals surface area contributed by atoms with E-state index in [-0.39, 0.29) is 11.1 Å². The molecule has 0 amide bonds. The van der Waals surface area contributed by atoms with Crippen LogP contribution < -0.4 is 10.1 Å². The summed E-state index contributed by atoms with van der Waals surface area (Å²) in [6, 6.07) is 8.18. The number of methoxy groups -OCH3 is 1. The van der Waals surface area contributed by atoms with Crippen molar-refractivity contribution < 1.29 is 9.13 Å². The van der Waals surface area contributed by atoms with E-state index in [2.05, 4.69) is 21.2 Å². The van der Waals surface area contributed by atoms with Crippen molar-refractivity contribution >= 4 is 44.8 Å². The molecule has 0 fully saturated rings. The van der Waals surface area contributed by atoms with E-state index in [0.29, 0.717) is 10.6 Å². The fourth-order valence-corrected chi connectivity index (χ4v) is 3.04. The van der Waals surface area contributed by atoms with Gasteiger partial charge in [-0.05, 0) is 58.7 Å². The molecule has 0 bridgehead atoms. The van der Waals surface area contributed by atoms with E-state index >= 15 is 0 Å². The molecular formula is C15H13BrCl2FNO. The Labute approximate surface area is 141 Å². The van der Waals surface area contributed by atoms with Crippen LogP contribution in [0.5, 0.6) is 5.75 Å². The van der Waals surface area contributed by atoms with Crippen molar-refractivity contribution in [1.29, 1.82) is 0 Å². The van der Waals surface area contributed by atoms with Gasteiger partial charge in [0.15, 0.2) is 0 Å². The van der Waals surface area contributed by atoms with Crippen LogP contribution in [0.25, 0.3) is 0 Å². The minimum atomic E-state index is -0.486. The van der Waals surface area contributed by atoms with E-state index in [9.17, 15) is 4.39 Å². The fraction of sp³-hybridized carbons (Fsp3) is 0.200. The van der Waals surface area contributed by atoms with Crippen LogP contribution in [0.2, 0.25) is 10.0 Å². The molecule has 1 unspecified atom stereocenters. The highest BCUT2D eigenvalue weighted by atomic mass is 79.9. The van der Waals surface area contributed by atoms with Gasteiger partial charge in [0.1, 0.15) is 11.6 Å². The van der Waals surface area contributed by atoms with E-state index in [4.69, 9.17) is 27.9 Å². The molecule has 1 N–H and O–H groups in total. The Morgan fingerprint density at radius 1 is 1.19 bits per heavy atom. The van der Waals surface area contributed by atoms with Gasteiger partial charge in [0, 0.05) is 10.7 Å². The maximum atomic E-state index is 13.6. The molecule has 2 aromatic rings. The minimum absolute atomic E-state index is 0.0168. The average molecular weight is 393 g/mol. The Kier molecular flexibility index (Phi) is 5.36. The normalized spacial score (nSPS) is 12.1. The van der Waals surface area contributed by atoms with Gasteiger partial charge in [-0.15, -0.1) is 0 Å². The maximum absolute atomic E-state index is 13.6. The standard InChI is InChI=1S/C15H13BrCl2FNO/c1-8(10-6-14(19)13(18)7-12(10)17)20-9-3-4-15(21-2)11(16)5-9/h3-8,20H,1-2H3. The Morgan fingerprint density at radius 3 is 2.52 bits per heavy atom. The van der Waals surface area contributed by atoms with Gasteiger partial charge in [0.2, 0.25) is 0 Å². The molecule has 0 heterocycles. The van der Waals surface area contributed by atoms with E-state index < -0.39 is 5.82 Å². The smallest absolute Gasteiger partial charge is 0.142 e. The number of hydrogen-bond acceptors (Lipinski definition) is 2. The third kappa shape index (κ3) is 3.82. The van der Waals surface area contributed by atoms with Gasteiger partial charge in [-0.1, -0.05) is 23.2 Å². The van der Waals surface area contributed by atoms with Crippen LogP contribution in [-0.2, 0) is 0 Å². The van der Waals surface area contributed by atoms with Crippen molar-refractivity contribution in [2.24, 2.45) is 0 Å². The third-order valence-electron chi connectivity index (χ3n) is 3.04. The van der Waals surface area contributed by atoms with Crippen molar-refractivity contribution in [3.63, 3.8) is 0 Å². The monoisotopic (exact) mass is 391 g/mol. The largest absolute Gasteiger partial charge is 0.496 e. The second-order valence-electron chi connectivity index (χ2n) is 4.50. The summed E-state index contributed by atoms with van der Waals surface area (Å²) in [5, 5.41) is 3.70. The molecule has 1 atom stereocenters. The second kappa shape index (κ2) is 6.86. The van der Waals surface area contributed by atoms with Crippen molar-refractivity contribution in [1.82, 2.24) is 0 Å². The van der Waals surface area contributed by atoms with Crippen LogP contribution in [0, 0.1) is 5.82 Å². The van der Waals surface area contributed by atoms with Gasteiger partial charge in [0.05, 0.1) is 22.6 Å². The molecule has 0 aliphatic carbocycles. The van der Waals surface area contributed by atoms with Gasteiger partial charge >= 0.3 is 0 Å².